The summed E-state index contributed by atoms with van der Waals surface area (Å²) in [5, 5.41) is 3.17. The van der Waals surface area contributed by atoms with Crippen molar-refractivity contribution in [3.05, 3.63) is 0 Å². The van der Waals surface area contributed by atoms with Gasteiger partial charge in [-0.15, -0.1) is 0 Å². The molecule has 21 heavy (non-hydrogen) atoms. The minimum absolute atomic E-state index is 0.0243. The molecule has 0 saturated carbocycles. The maximum Gasteiger partial charge on any atom is 0.393 e. The molecule has 1 saturated heterocycles. The van der Waals surface area contributed by atoms with Crippen molar-refractivity contribution in [1.82, 2.24) is 9.62 Å². The number of piperidine rings is 1. The van der Waals surface area contributed by atoms with Crippen molar-refractivity contribution < 1.29 is 21.6 Å². The first-order valence-electron chi connectivity index (χ1n) is 7.52. The molecule has 0 bridgehead atoms. The molecule has 4 nitrogen and oxygen atoms in total. The molecule has 0 aromatic rings. The normalized spacial score (nSPS) is 21.6. The van der Waals surface area contributed by atoms with E-state index in [0.29, 0.717) is 6.42 Å². The van der Waals surface area contributed by atoms with Crippen molar-refractivity contribution >= 4 is 10.0 Å². The maximum atomic E-state index is 12.7. The molecule has 1 unspecified atom stereocenters. The van der Waals surface area contributed by atoms with Gasteiger partial charge >= 0.3 is 6.18 Å². The lowest BCUT2D eigenvalue weighted by Gasteiger charge is -2.32. The van der Waals surface area contributed by atoms with Gasteiger partial charge in [0.05, 0.1) is 11.7 Å². The molecule has 1 aliphatic rings. The second kappa shape index (κ2) is 8.33. The maximum absolute atomic E-state index is 12.7. The van der Waals surface area contributed by atoms with E-state index in [-0.39, 0.29) is 25.1 Å². The van der Waals surface area contributed by atoms with Crippen molar-refractivity contribution in [2.24, 2.45) is 5.92 Å². The Morgan fingerprint density at radius 3 is 2.57 bits per heavy atom. The standard InChI is InChI=1S/C13H25F3N2O2S/c1-2-7-17-8-3-4-10-21(19,20)18-9-5-6-12(11-18)13(14,15)16/h12,17H,2-11H2,1H3. The SMILES string of the molecule is CCCNCCCCS(=O)(=O)N1CCCC(C(F)(F)F)C1. The van der Waals surface area contributed by atoms with Gasteiger partial charge in [-0.1, -0.05) is 6.92 Å². The van der Waals surface area contributed by atoms with E-state index in [1.165, 1.54) is 0 Å². The van der Waals surface area contributed by atoms with Gasteiger partial charge in [-0.05, 0) is 45.2 Å². The highest BCUT2D eigenvalue weighted by atomic mass is 32.2. The van der Waals surface area contributed by atoms with Gasteiger partial charge < -0.3 is 5.32 Å². The predicted molar refractivity (Wildman–Crippen MR) is 76.5 cm³/mol. The summed E-state index contributed by atoms with van der Waals surface area (Å²) in [5.74, 6) is -1.59. The second-order valence-electron chi connectivity index (χ2n) is 5.51. The number of sulfonamides is 1. The molecule has 8 heteroatoms. The van der Waals surface area contributed by atoms with Gasteiger partial charge in [0.1, 0.15) is 0 Å². The van der Waals surface area contributed by atoms with Gasteiger partial charge in [0.2, 0.25) is 10.0 Å². The second-order valence-corrected chi connectivity index (χ2v) is 7.60. The van der Waals surface area contributed by atoms with Crippen LogP contribution in [0, 0.1) is 5.92 Å². The molecule has 1 aliphatic heterocycles. The monoisotopic (exact) mass is 330 g/mol. The smallest absolute Gasteiger partial charge is 0.317 e. The summed E-state index contributed by atoms with van der Waals surface area (Å²) in [7, 11) is -3.56. The molecule has 0 radical (unpaired) electrons. The summed E-state index contributed by atoms with van der Waals surface area (Å²) >= 11 is 0. The van der Waals surface area contributed by atoms with Crippen LogP contribution in [0.1, 0.15) is 39.0 Å². The molecular formula is C13H25F3N2O2S. The quantitative estimate of drug-likeness (QED) is 0.695. The number of rotatable bonds is 8. The Balaban J connectivity index is 2.39. The molecule has 1 N–H and O–H groups in total. The zero-order valence-corrected chi connectivity index (χ0v) is 13.3. The van der Waals surface area contributed by atoms with E-state index in [1.807, 2.05) is 6.92 Å². The Labute approximate surface area is 125 Å². The molecule has 1 heterocycles. The molecular weight excluding hydrogens is 305 g/mol. The van der Waals surface area contributed by atoms with Crippen LogP contribution in [-0.4, -0.2) is 50.8 Å². The average molecular weight is 330 g/mol. The van der Waals surface area contributed by atoms with Crippen molar-refractivity contribution in [3.63, 3.8) is 0 Å². The lowest BCUT2D eigenvalue weighted by Crippen LogP contribution is -2.45. The van der Waals surface area contributed by atoms with Crippen molar-refractivity contribution in [3.8, 4) is 0 Å². The molecule has 0 aromatic heterocycles. The highest BCUT2D eigenvalue weighted by molar-refractivity contribution is 7.89. The molecule has 0 amide bonds. The van der Waals surface area contributed by atoms with E-state index < -0.39 is 28.7 Å². The zero-order chi connectivity index (χ0) is 15.9. The summed E-state index contributed by atoms with van der Waals surface area (Å²) in [6, 6.07) is 0. The largest absolute Gasteiger partial charge is 0.393 e. The number of hydrogen-bond acceptors (Lipinski definition) is 3. The summed E-state index contributed by atoms with van der Waals surface area (Å²) in [6.45, 7) is 3.48. The first-order valence-corrected chi connectivity index (χ1v) is 9.13. The fourth-order valence-corrected chi connectivity index (χ4v) is 4.07. The van der Waals surface area contributed by atoms with Gasteiger partial charge in [-0.2, -0.15) is 13.2 Å². The number of nitrogens with one attached hydrogen (secondary N) is 1. The number of unbranched alkanes of at least 4 members (excludes halogenated alkanes) is 1. The highest BCUT2D eigenvalue weighted by Gasteiger charge is 2.43. The van der Waals surface area contributed by atoms with E-state index in [0.717, 1.165) is 30.2 Å². The van der Waals surface area contributed by atoms with Crippen LogP contribution in [0.25, 0.3) is 0 Å². The van der Waals surface area contributed by atoms with Crippen molar-refractivity contribution in [2.75, 3.05) is 31.9 Å². The van der Waals surface area contributed by atoms with Crippen LogP contribution in [0.4, 0.5) is 13.2 Å². The average Bonchev–Trinajstić information content (AvgIpc) is 2.42. The summed E-state index contributed by atoms with van der Waals surface area (Å²) in [6.07, 6.45) is -1.79. The van der Waals surface area contributed by atoms with E-state index in [9.17, 15) is 21.6 Å². The van der Waals surface area contributed by atoms with Crippen LogP contribution in [0.15, 0.2) is 0 Å². The van der Waals surface area contributed by atoms with Crippen LogP contribution < -0.4 is 5.32 Å². The molecule has 1 atom stereocenters. The number of nitrogens with zero attached hydrogens (tertiary/aromatic N) is 1. The third-order valence-electron chi connectivity index (χ3n) is 3.67. The van der Waals surface area contributed by atoms with Crippen molar-refractivity contribution in [1.29, 1.82) is 0 Å². The van der Waals surface area contributed by atoms with E-state index in [1.54, 1.807) is 0 Å². The topological polar surface area (TPSA) is 49.4 Å². The summed E-state index contributed by atoms with van der Waals surface area (Å²) in [4.78, 5) is 0. The number of alkyl halides is 3. The van der Waals surface area contributed by atoms with Gasteiger partial charge in [-0.25, -0.2) is 12.7 Å². The van der Waals surface area contributed by atoms with E-state index >= 15 is 0 Å². The molecule has 126 valence electrons. The number of hydrogen-bond donors (Lipinski definition) is 1. The first-order chi connectivity index (χ1) is 9.77. The zero-order valence-electron chi connectivity index (χ0n) is 12.5. The minimum Gasteiger partial charge on any atom is -0.317 e. The molecule has 0 spiro atoms. The Hall–Kier alpha value is -0.340. The fourth-order valence-electron chi connectivity index (χ4n) is 2.43. The molecule has 1 rings (SSSR count). The van der Waals surface area contributed by atoms with Gasteiger partial charge in [0, 0.05) is 13.1 Å². The van der Waals surface area contributed by atoms with E-state index in [2.05, 4.69) is 5.32 Å². The fraction of sp³-hybridized carbons (Fsp3) is 1.00. The van der Waals surface area contributed by atoms with Crippen LogP contribution in [0.2, 0.25) is 0 Å². The van der Waals surface area contributed by atoms with E-state index in [4.69, 9.17) is 0 Å². The van der Waals surface area contributed by atoms with Gasteiger partial charge in [-0.3, -0.25) is 0 Å². The first kappa shape index (κ1) is 18.7. The Morgan fingerprint density at radius 1 is 1.24 bits per heavy atom. The van der Waals surface area contributed by atoms with Crippen LogP contribution in [0.3, 0.4) is 0 Å². The third-order valence-corrected chi connectivity index (χ3v) is 5.60. The Morgan fingerprint density at radius 2 is 1.95 bits per heavy atom. The summed E-state index contributed by atoms with van der Waals surface area (Å²) in [5.41, 5.74) is 0. The van der Waals surface area contributed by atoms with Gasteiger partial charge in [0.25, 0.3) is 0 Å². The lowest BCUT2D eigenvalue weighted by molar-refractivity contribution is -0.182. The van der Waals surface area contributed by atoms with Crippen molar-refractivity contribution in [2.45, 2.75) is 45.2 Å². The molecule has 1 fully saturated rings. The number of halogens is 3. The third kappa shape index (κ3) is 6.52. The highest BCUT2D eigenvalue weighted by Crippen LogP contribution is 2.34. The lowest BCUT2D eigenvalue weighted by atomic mass is 9.99. The van der Waals surface area contributed by atoms with Crippen LogP contribution in [0.5, 0.6) is 0 Å². The molecule has 0 aromatic carbocycles. The minimum atomic E-state index is -4.31. The molecule has 0 aliphatic carbocycles. The van der Waals surface area contributed by atoms with Gasteiger partial charge in [0.15, 0.2) is 0 Å². The Kier molecular flexibility index (Phi) is 7.42. The van der Waals surface area contributed by atoms with Crippen LogP contribution >= 0.6 is 0 Å². The predicted octanol–water partition coefficient (Wildman–Crippen LogP) is 2.37. The van der Waals surface area contributed by atoms with Crippen LogP contribution in [-0.2, 0) is 10.0 Å². The Bertz CT molecular complexity index is 399. The summed E-state index contributed by atoms with van der Waals surface area (Å²) < 4.78 is 63.3.